The zero-order valence-electron chi connectivity index (χ0n) is 12.6. The van der Waals surface area contributed by atoms with E-state index in [0.29, 0.717) is 22.1 Å². The minimum absolute atomic E-state index is 0.471. The Kier molecular flexibility index (Phi) is 3.55. The number of fused-ring (bicyclic) bond motifs is 1. The van der Waals surface area contributed by atoms with E-state index in [2.05, 4.69) is 27.1 Å². The molecular formula is C18H12ClN5. The highest BCUT2D eigenvalue weighted by molar-refractivity contribution is 6.33. The van der Waals surface area contributed by atoms with Gasteiger partial charge in [0.1, 0.15) is 17.8 Å². The summed E-state index contributed by atoms with van der Waals surface area (Å²) in [7, 11) is 0. The molecule has 4 rings (SSSR count). The van der Waals surface area contributed by atoms with Gasteiger partial charge in [0.05, 0.1) is 33.9 Å². The number of halogens is 1. The monoisotopic (exact) mass is 333 g/mol. The number of anilines is 2. The smallest absolute Gasteiger partial charge is 0.150 e. The van der Waals surface area contributed by atoms with E-state index in [9.17, 15) is 0 Å². The van der Waals surface area contributed by atoms with Gasteiger partial charge < -0.3 is 9.88 Å². The molecular weight excluding hydrogens is 322 g/mol. The van der Waals surface area contributed by atoms with Crippen LogP contribution in [0.5, 0.6) is 0 Å². The fourth-order valence-corrected chi connectivity index (χ4v) is 2.58. The Hall–Kier alpha value is -3.06. The zero-order chi connectivity index (χ0) is 16.5. The van der Waals surface area contributed by atoms with Crippen LogP contribution >= 0.6 is 11.6 Å². The molecule has 1 aromatic carbocycles. The second kappa shape index (κ2) is 5.86. The molecule has 5 nitrogen and oxygen atoms in total. The highest BCUT2D eigenvalue weighted by Crippen LogP contribution is 2.29. The summed E-state index contributed by atoms with van der Waals surface area (Å²) in [4.78, 5) is 8.65. The van der Waals surface area contributed by atoms with Crippen molar-refractivity contribution < 1.29 is 0 Å². The highest BCUT2D eigenvalue weighted by Gasteiger charge is 2.11. The lowest BCUT2D eigenvalue weighted by molar-refractivity contribution is 1.13. The Morgan fingerprint density at radius 2 is 2.12 bits per heavy atom. The Bertz CT molecular complexity index is 1040. The number of nitrogens with one attached hydrogen (secondary N) is 1. The van der Waals surface area contributed by atoms with E-state index in [1.54, 1.807) is 18.2 Å². The Morgan fingerprint density at radius 3 is 2.88 bits per heavy atom. The van der Waals surface area contributed by atoms with E-state index in [4.69, 9.17) is 16.9 Å². The lowest BCUT2D eigenvalue weighted by Gasteiger charge is -2.08. The van der Waals surface area contributed by atoms with Gasteiger partial charge in [-0.25, -0.2) is 9.97 Å². The van der Waals surface area contributed by atoms with E-state index < -0.39 is 0 Å². The summed E-state index contributed by atoms with van der Waals surface area (Å²) in [5.41, 5.74) is 6.60. The molecule has 1 aliphatic carbocycles. The number of hydrogen-bond donors (Lipinski definition) is 1. The van der Waals surface area contributed by atoms with Crippen LogP contribution in [0.25, 0.3) is 17.2 Å². The van der Waals surface area contributed by atoms with Crippen molar-refractivity contribution in [3.63, 3.8) is 0 Å². The predicted molar refractivity (Wildman–Crippen MR) is 94.0 cm³/mol. The Morgan fingerprint density at radius 1 is 1.25 bits per heavy atom. The van der Waals surface area contributed by atoms with E-state index in [1.165, 1.54) is 11.9 Å². The second-order valence-corrected chi connectivity index (χ2v) is 5.90. The van der Waals surface area contributed by atoms with E-state index in [-0.39, 0.29) is 0 Å². The Balaban J connectivity index is 1.72. The van der Waals surface area contributed by atoms with Gasteiger partial charge in [-0.3, -0.25) is 0 Å². The molecule has 1 N–H and O–H groups in total. The fraction of sp³-hybridized carbons (Fsp3) is 0.111. The number of allylic oxidation sites excluding steroid dienone is 1. The molecule has 0 atom stereocenters. The van der Waals surface area contributed by atoms with Crippen LogP contribution in [-0.4, -0.2) is 14.5 Å². The predicted octanol–water partition coefficient (Wildman–Crippen LogP) is 4.49. The van der Waals surface area contributed by atoms with Crippen molar-refractivity contribution in [2.75, 3.05) is 5.32 Å². The number of rotatable bonds is 3. The van der Waals surface area contributed by atoms with Crippen molar-refractivity contribution in [2.24, 2.45) is 0 Å². The van der Waals surface area contributed by atoms with E-state index in [0.717, 1.165) is 23.9 Å². The van der Waals surface area contributed by atoms with Gasteiger partial charge in [-0.15, -0.1) is 5.73 Å². The van der Waals surface area contributed by atoms with Gasteiger partial charge in [0, 0.05) is 6.20 Å². The normalized spacial score (nSPS) is 12.6. The van der Waals surface area contributed by atoms with E-state index >= 15 is 0 Å². The number of hydrogen-bond acceptors (Lipinski definition) is 4. The molecule has 0 amide bonds. The summed E-state index contributed by atoms with van der Waals surface area (Å²) in [6.45, 7) is 0. The van der Waals surface area contributed by atoms with Gasteiger partial charge in [0.15, 0.2) is 0 Å². The molecule has 0 spiro atoms. The maximum atomic E-state index is 8.92. The third kappa shape index (κ3) is 2.77. The molecule has 6 heteroatoms. The third-order valence-electron chi connectivity index (χ3n) is 3.77. The molecule has 0 unspecified atom stereocenters. The van der Waals surface area contributed by atoms with Gasteiger partial charge >= 0.3 is 0 Å². The van der Waals surface area contributed by atoms with Crippen LogP contribution in [0.2, 0.25) is 5.02 Å². The molecule has 116 valence electrons. The van der Waals surface area contributed by atoms with Crippen LogP contribution in [0.15, 0.2) is 48.1 Å². The number of aromatic nitrogens is 3. The maximum Gasteiger partial charge on any atom is 0.150 e. The molecule has 0 bridgehead atoms. The lowest BCUT2D eigenvalue weighted by Crippen LogP contribution is -1.97. The highest BCUT2D eigenvalue weighted by atomic mass is 35.5. The largest absolute Gasteiger partial charge is 0.338 e. The SMILES string of the molecule is N#Cc1ccc(Nc2ncnc3c2ccn3C=C=C2CC2)c(Cl)c1. The summed E-state index contributed by atoms with van der Waals surface area (Å²) in [6.07, 6.45) is 7.61. The molecule has 1 saturated carbocycles. The van der Waals surface area contributed by atoms with Crippen molar-refractivity contribution in [2.45, 2.75) is 12.8 Å². The summed E-state index contributed by atoms with van der Waals surface area (Å²) in [6, 6.07) is 9.12. The van der Waals surface area contributed by atoms with Crippen LogP contribution < -0.4 is 5.32 Å². The summed E-state index contributed by atoms with van der Waals surface area (Å²) in [5.74, 6) is 0.665. The quantitative estimate of drug-likeness (QED) is 0.717. The zero-order valence-corrected chi connectivity index (χ0v) is 13.4. The molecule has 1 fully saturated rings. The van der Waals surface area contributed by atoms with Gasteiger partial charge in [0.2, 0.25) is 0 Å². The minimum Gasteiger partial charge on any atom is -0.338 e. The van der Waals surface area contributed by atoms with Crippen LogP contribution in [-0.2, 0) is 0 Å². The first kappa shape index (κ1) is 14.5. The summed E-state index contributed by atoms with van der Waals surface area (Å²) >= 11 is 6.22. The summed E-state index contributed by atoms with van der Waals surface area (Å²) < 4.78 is 1.92. The first-order valence-electron chi connectivity index (χ1n) is 7.47. The van der Waals surface area contributed by atoms with Crippen molar-refractivity contribution in [1.82, 2.24) is 14.5 Å². The first-order chi connectivity index (χ1) is 11.7. The Labute approximate surface area is 143 Å². The number of benzene rings is 1. The second-order valence-electron chi connectivity index (χ2n) is 5.49. The fourth-order valence-electron chi connectivity index (χ4n) is 2.36. The maximum absolute atomic E-state index is 8.92. The topological polar surface area (TPSA) is 66.5 Å². The van der Waals surface area contributed by atoms with Crippen molar-refractivity contribution in [1.29, 1.82) is 5.26 Å². The molecule has 0 saturated heterocycles. The molecule has 0 aliphatic heterocycles. The molecule has 2 aromatic heterocycles. The first-order valence-corrected chi connectivity index (χ1v) is 7.85. The van der Waals surface area contributed by atoms with Crippen LogP contribution in [0.3, 0.4) is 0 Å². The van der Waals surface area contributed by atoms with Gasteiger partial charge in [-0.05, 0) is 42.7 Å². The summed E-state index contributed by atoms with van der Waals surface area (Å²) in [5, 5.41) is 13.5. The molecule has 1 aliphatic rings. The standard InChI is InChI=1S/C18H12ClN5/c19-15-9-13(10-20)3-4-16(15)23-17-14-6-8-24(7-5-12-1-2-12)18(14)22-11-21-17/h3-4,6-9,11H,1-2H2,(H,21,22,23). The van der Waals surface area contributed by atoms with Crippen LogP contribution in [0.1, 0.15) is 18.4 Å². The van der Waals surface area contributed by atoms with Crippen LogP contribution in [0, 0.1) is 11.3 Å². The van der Waals surface area contributed by atoms with Gasteiger partial charge in [-0.1, -0.05) is 11.6 Å². The minimum atomic E-state index is 0.471. The van der Waals surface area contributed by atoms with Gasteiger partial charge in [-0.2, -0.15) is 5.26 Å². The molecule has 2 heterocycles. The average Bonchev–Trinajstić information content (AvgIpc) is 3.34. The molecule has 0 radical (unpaired) electrons. The van der Waals surface area contributed by atoms with Gasteiger partial charge in [0.25, 0.3) is 0 Å². The number of nitriles is 1. The number of nitrogens with zero attached hydrogens (tertiary/aromatic N) is 4. The van der Waals surface area contributed by atoms with E-state index in [1.807, 2.05) is 23.0 Å². The van der Waals surface area contributed by atoms with Crippen LogP contribution in [0.4, 0.5) is 11.5 Å². The third-order valence-corrected chi connectivity index (χ3v) is 4.08. The van der Waals surface area contributed by atoms with Crippen molar-refractivity contribution in [3.05, 3.63) is 58.7 Å². The van der Waals surface area contributed by atoms with Crippen molar-refractivity contribution in [3.8, 4) is 6.07 Å². The molecule has 24 heavy (non-hydrogen) atoms. The van der Waals surface area contributed by atoms with Crippen molar-refractivity contribution >= 4 is 40.3 Å². The lowest BCUT2D eigenvalue weighted by atomic mass is 10.2. The molecule has 3 aromatic rings. The average molecular weight is 334 g/mol.